The Morgan fingerprint density at radius 1 is 1.40 bits per heavy atom. The first kappa shape index (κ1) is 17.1. The first-order valence-corrected chi connectivity index (χ1v) is 6.85. The molecule has 1 aromatic carbocycles. The second-order valence-corrected chi connectivity index (χ2v) is 5.29. The summed E-state index contributed by atoms with van der Waals surface area (Å²) in [7, 11) is 2.01. The minimum atomic E-state index is 0. The van der Waals surface area contributed by atoms with Crippen molar-refractivity contribution in [2.75, 3.05) is 7.05 Å². The molecular formula is C15H24IN3O. The van der Waals surface area contributed by atoms with Gasteiger partial charge in [-0.1, -0.05) is 18.2 Å². The van der Waals surface area contributed by atoms with Crippen LogP contribution < -0.4 is 10.5 Å². The molecule has 20 heavy (non-hydrogen) atoms. The monoisotopic (exact) mass is 389 g/mol. The number of para-hydroxylation sites is 1. The normalized spacial score (nSPS) is 14.9. The van der Waals surface area contributed by atoms with Crippen LogP contribution in [0.25, 0.3) is 0 Å². The van der Waals surface area contributed by atoms with Crippen LogP contribution >= 0.6 is 24.0 Å². The second kappa shape index (κ2) is 7.71. The van der Waals surface area contributed by atoms with Gasteiger partial charge in [-0.3, -0.25) is 0 Å². The van der Waals surface area contributed by atoms with Crippen molar-refractivity contribution in [3.8, 4) is 5.75 Å². The van der Waals surface area contributed by atoms with Gasteiger partial charge in [-0.05, 0) is 32.8 Å². The minimum Gasteiger partial charge on any atom is -0.491 e. The van der Waals surface area contributed by atoms with Crippen molar-refractivity contribution >= 4 is 29.9 Å². The SMILES string of the molecule is CC(C)Oc1ccccc1CN=C(N)N(C)C1CC1.I. The maximum atomic E-state index is 5.99. The highest BCUT2D eigenvalue weighted by Gasteiger charge is 2.27. The van der Waals surface area contributed by atoms with E-state index in [4.69, 9.17) is 10.5 Å². The van der Waals surface area contributed by atoms with Crippen molar-refractivity contribution in [3.05, 3.63) is 29.8 Å². The van der Waals surface area contributed by atoms with Crippen LogP contribution in [0, 0.1) is 0 Å². The third-order valence-electron chi connectivity index (χ3n) is 3.20. The molecule has 1 aliphatic rings. The number of halogens is 1. The van der Waals surface area contributed by atoms with Gasteiger partial charge in [0.25, 0.3) is 0 Å². The first-order chi connectivity index (χ1) is 9.08. The second-order valence-electron chi connectivity index (χ2n) is 5.29. The summed E-state index contributed by atoms with van der Waals surface area (Å²) in [5.41, 5.74) is 7.06. The van der Waals surface area contributed by atoms with Gasteiger partial charge in [0.15, 0.2) is 5.96 Å². The molecule has 2 N–H and O–H groups in total. The molecule has 0 bridgehead atoms. The van der Waals surface area contributed by atoms with Crippen molar-refractivity contribution in [1.82, 2.24) is 4.90 Å². The maximum Gasteiger partial charge on any atom is 0.191 e. The Morgan fingerprint density at radius 2 is 2.05 bits per heavy atom. The average molecular weight is 389 g/mol. The highest BCUT2D eigenvalue weighted by Crippen LogP contribution is 2.25. The molecule has 0 saturated heterocycles. The van der Waals surface area contributed by atoms with Gasteiger partial charge in [0.1, 0.15) is 5.75 Å². The zero-order valence-corrected chi connectivity index (χ0v) is 14.7. The lowest BCUT2D eigenvalue weighted by molar-refractivity contribution is 0.240. The summed E-state index contributed by atoms with van der Waals surface area (Å²) in [5.74, 6) is 1.50. The van der Waals surface area contributed by atoms with Gasteiger partial charge in [0, 0.05) is 18.7 Å². The lowest BCUT2D eigenvalue weighted by atomic mass is 10.2. The maximum absolute atomic E-state index is 5.99. The Hall–Kier alpha value is -0.980. The molecule has 1 fully saturated rings. The van der Waals surface area contributed by atoms with Crippen molar-refractivity contribution in [3.63, 3.8) is 0 Å². The fraction of sp³-hybridized carbons (Fsp3) is 0.533. The predicted molar refractivity (Wildman–Crippen MR) is 93.7 cm³/mol. The third kappa shape index (κ3) is 4.85. The quantitative estimate of drug-likeness (QED) is 0.479. The van der Waals surface area contributed by atoms with Crippen LogP contribution in [-0.4, -0.2) is 30.1 Å². The molecular weight excluding hydrogens is 365 g/mol. The molecule has 0 unspecified atom stereocenters. The fourth-order valence-electron chi connectivity index (χ4n) is 1.93. The molecule has 0 spiro atoms. The number of rotatable bonds is 5. The lowest BCUT2D eigenvalue weighted by Gasteiger charge is -2.17. The molecule has 2 rings (SSSR count). The van der Waals surface area contributed by atoms with Gasteiger partial charge in [0.05, 0.1) is 12.6 Å². The summed E-state index contributed by atoms with van der Waals surface area (Å²) in [6, 6.07) is 8.58. The molecule has 0 amide bonds. The topological polar surface area (TPSA) is 50.9 Å². The van der Waals surface area contributed by atoms with E-state index in [1.165, 1.54) is 12.8 Å². The van der Waals surface area contributed by atoms with Crippen LogP contribution in [-0.2, 0) is 6.54 Å². The van der Waals surface area contributed by atoms with Crippen molar-refractivity contribution in [1.29, 1.82) is 0 Å². The van der Waals surface area contributed by atoms with Crippen molar-refractivity contribution in [2.24, 2.45) is 10.7 Å². The predicted octanol–water partition coefficient (Wildman–Crippen LogP) is 3.00. The van der Waals surface area contributed by atoms with E-state index < -0.39 is 0 Å². The third-order valence-corrected chi connectivity index (χ3v) is 3.20. The standard InChI is InChI=1S/C15H23N3O.HI/c1-11(2)19-14-7-5-4-6-12(14)10-17-15(16)18(3)13-8-9-13;/h4-7,11,13H,8-10H2,1-3H3,(H2,16,17);1H. The molecule has 1 aliphatic carbocycles. The van der Waals surface area contributed by atoms with Crippen LogP contribution in [0.3, 0.4) is 0 Å². The van der Waals surface area contributed by atoms with Crippen molar-refractivity contribution < 1.29 is 4.74 Å². The summed E-state index contributed by atoms with van der Waals surface area (Å²) in [4.78, 5) is 6.53. The summed E-state index contributed by atoms with van der Waals surface area (Å²) in [6.07, 6.45) is 2.61. The molecule has 1 saturated carbocycles. The largest absolute Gasteiger partial charge is 0.491 e. The molecule has 0 radical (unpaired) electrons. The van der Waals surface area contributed by atoms with E-state index in [1.54, 1.807) is 0 Å². The number of ether oxygens (including phenoxy) is 1. The molecule has 0 aliphatic heterocycles. The minimum absolute atomic E-state index is 0. The highest BCUT2D eigenvalue weighted by atomic mass is 127. The van der Waals surface area contributed by atoms with Gasteiger partial charge in [-0.25, -0.2) is 4.99 Å². The number of nitrogens with two attached hydrogens (primary N) is 1. The van der Waals surface area contributed by atoms with Gasteiger partial charge < -0.3 is 15.4 Å². The van der Waals surface area contributed by atoms with Crippen LogP contribution in [0.4, 0.5) is 0 Å². The summed E-state index contributed by atoms with van der Waals surface area (Å²) in [5, 5.41) is 0. The van der Waals surface area contributed by atoms with Crippen LogP contribution in [0.5, 0.6) is 5.75 Å². The molecule has 0 atom stereocenters. The summed E-state index contributed by atoms with van der Waals surface area (Å²) < 4.78 is 5.77. The molecule has 1 aromatic rings. The Labute approximate surface area is 138 Å². The van der Waals surface area contributed by atoms with E-state index in [9.17, 15) is 0 Å². The summed E-state index contributed by atoms with van der Waals surface area (Å²) in [6.45, 7) is 4.61. The van der Waals surface area contributed by atoms with Crippen LogP contribution in [0.15, 0.2) is 29.3 Å². The first-order valence-electron chi connectivity index (χ1n) is 6.85. The Balaban J connectivity index is 0.00000200. The number of nitrogens with zero attached hydrogens (tertiary/aromatic N) is 2. The summed E-state index contributed by atoms with van der Waals surface area (Å²) >= 11 is 0. The van der Waals surface area contributed by atoms with E-state index in [2.05, 4.69) is 9.89 Å². The average Bonchev–Trinajstić information content (AvgIpc) is 3.20. The van der Waals surface area contributed by atoms with Gasteiger partial charge in [-0.15, -0.1) is 24.0 Å². The Kier molecular flexibility index (Phi) is 6.58. The number of guanidine groups is 1. The van der Waals surface area contributed by atoms with E-state index in [0.29, 0.717) is 18.5 Å². The van der Waals surface area contributed by atoms with Gasteiger partial charge >= 0.3 is 0 Å². The van der Waals surface area contributed by atoms with Crippen LogP contribution in [0.2, 0.25) is 0 Å². The number of aliphatic imine (C=N–C) groups is 1. The van der Waals surface area contributed by atoms with E-state index in [1.807, 2.05) is 45.2 Å². The molecule has 112 valence electrons. The van der Waals surface area contributed by atoms with Gasteiger partial charge in [0.2, 0.25) is 0 Å². The lowest BCUT2D eigenvalue weighted by Crippen LogP contribution is -2.35. The number of hydrogen-bond donors (Lipinski definition) is 1. The van der Waals surface area contributed by atoms with Gasteiger partial charge in [-0.2, -0.15) is 0 Å². The number of benzene rings is 1. The van der Waals surface area contributed by atoms with Crippen molar-refractivity contribution in [2.45, 2.75) is 45.4 Å². The Morgan fingerprint density at radius 3 is 2.65 bits per heavy atom. The molecule has 0 heterocycles. The molecule has 5 heteroatoms. The zero-order chi connectivity index (χ0) is 13.8. The zero-order valence-electron chi connectivity index (χ0n) is 12.4. The highest BCUT2D eigenvalue weighted by molar-refractivity contribution is 14.0. The Bertz CT molecular complexity index is 458. The molecule has 4 nitrogen and oxygen atoms in total. The smallest absolute Gasteiger partial charge is 0.191 e. The fourth-order valence-corrected chi connectivity index (χ4v) is 1.93. The molecule has 0 aromatic heterocycles. The van der Waals surface area contributed by atoms with E-state index in [0.717, 1.165) is 11.3 Å². The number of hydrogen-bond acceptors (Lipinski definition) is 2. The van der Waals surface area contributed by atoms with E-state index in [-0.39, 0.29) is 30.1 Å². The van der Waals surface area contributed by atoms with Crippen LogP contribution in [0.1, 0.15) is 32.3 Å². The van der Waals surface area contributed by atoms with E-state index >= 15 is 0 Å².